The molecule has 0 bridgehead atoms. The topological polar surface area (TPSA) is 119 Å². The SMILES string of the molecule is C[C@H]1CC[C@@H](c2nc(-c3ccc(C(=O)Nc4ccccn4)cc3)c3c(N)nccn23)CN1C(=O)C1CCC1. The van der Waals surface area contributed by atoms with Crippen LogP contribution in [0.2, 0.25) is 0 Å². The van der Waals surface area contributed by atoms with Gasteiger partial charge in [0.2, 0.25) is 5.91 Å². The summed E-state index contributed by atoms with van der Waals surface area (Å²) in [6.45, 7) is 2.80. The highest BCUT2D eigenvalue weighted by atomic mass is 16.2. The van der Waals surface area contributed by atoms with E-state index in [1.807, 2.05) is 28.8 Å². The third kappa shape index (κ3) is 4.38. The zero-order valence-electron chi connectivity index (χ0n) is 21.4. The molecule has 9 heteroatoms. The van der Waals surface area contributed by atoms with E-state index in [0.717, 1.165) is 54.7 Å². The van der Waals surface area contributed by atoms with Crippen molar-refractivity contribution in [3.8, 4) is 11.3 Å². The van der Waals surface area contributed by atoms with E-state index < -0.39 is 0 Å². The number of aromatic nitrogens is 4. The molecule has 2 fully saturated rings. The molecule has 1 aliphatic carbocycles. The molecule has 0 unspecified atom stereocenters. The van der Waals surface area contributed by atoms with E-state index in [9.17, 15) is 9.59 Å². The number of nitrogens with two attached hydrogens (primary N) is 1. The molecule has 4 aromatic rings. The maximum Gasteiger partial charge on any atom is 0.256 e. The number of hydrogen-bond donors (Lipinski definition) is 2. The first-order valence-electron chi connectivity index (χ1n) is 13.3. The normalized spacial score (nSPS) is 19.8. The number of pyridine rings is 1. The Labute approximate surface area is 221 Å². The smallest absolute Gasteiger partial charge is 0.256 e. The summed E-state index contributed by atoms with van der Waals surface area (Å²) >= 11 is 0. The number of imidazole rings is 1. The molecule has 6 rings (SSSR count). The number of carbonyl (C=O) groups is 2. The van der Waals surface area contributed by atoms with Crippen molar-refractivity contribution in [2.45, 2.75) is 51.0 Å². The minimum atomic E-state index is -0.237. The summed E-state index contributed by atoms with van der Waals surface area (Å²) in [5, 5.41) is 2.80. The summed E-state index contributed by atoms with van der Waals surface area (Å²) in [6.07, 6.45) is 10.2. The molecule has 38 heavy (non-hydrogen) atoms. The molecule has 3 aromatic heterocycles. The van der Waals surface area contributed by atoms with Gasteiger partial charge >= 0.3 is 0 Å². The van der Waals surface area contributed by atoms with Crippen LogP contribution >= 0.6 is 0 Å². The average molecular weight is 510 g/mol. The number of nitrogen functional groups attached to an aromatic ring is 1. The molecule has 1 aliphatic heterocycles. The summed E-state index contributed by atoms with van der Waals surface area (Å²) in [7, 11) is 0. The maximum atomic E-state index is 13.1. The second kappa shape index (κ2) is 9.89. The van der Waals surface area contributed by atoms with Gasteiger partial charge in [-0.2, -0.15) is 0 Å². The molecule has 1 saturated heterocycles. The zero-order valence-corrected chi connectivity index (χ0v) is 21.4. The van der Waals surface area contributed by atoms with Crippen LogP contribution < -0.4 is 11.1 Å². The molecule has 2 amide bonds. The lowest BCUT2D eigenvalue weighted by Gasteiger charge is -2.41. The van der Waals surface area contributed by atoms with Crippen LogP contribution in [0.1, 0.15) is 61.1 Å². The standard InChI is InChI=1S/C29H31N7O2/c1-18-8-9-22(17-36(18)29(38)21-5-4-6-21)27-34-24(25-26(30)32-15-16-35(25)27)19-10-12-20(13-11-19)28(37)33-23-7-2-3-14-31-23/h2-3,7,10-16,18,21-22H,4-6,8-9,17H2,1H3,(H2,30,32)(H,31,33,37)/t18-,22+/m0/s1. The number of carbonyl (C=O) groups excluding carboxylic acids is 2. The van der Waals surface area contributed by atoms with Crippen molar-refractivity contribution >= 4 is 29.0 Å². The minimum absolute atomic E-state index is 0.0988. The highest BCUT2D eigenvalue weighted by molar-refractivity contribution is 6.04. The van der Waals surface area contributed by atoms with Crippen molar-refractivity contribution in [2.75, 3.05) is 17.6 Å². The van der Waals surface area contributed by atoms with Gasteiger partial charge in [0, 0.05) is 54.1 Å². The number of hydrogen-bond acceptors (Lipinski definition) is 6. The van der Waals surface area contributed by atoms with Crippen LogP contribution in [0.5, 0.6) is 0 Å². The lowest BCUT2D eigenvalue weighted by Crippen LogP contribution is -2.48. The van der Waals surface area contributed by atoms with E-state index in [2.05, 4.69) is 27.1 Å². The van der Waals surface area contributed by atoms with E-state index >= 15 is 0 Å². The van der Waals surface area contributed by atoms with Crippen LogP contribution in [0.3, 0.4) is 0 Å². The van der Waals surface area contributed by atoms with Gasteiger partial charge in [-0.15, -0.1) is 0 Å². The Morgan fingerprint density at radius 3 is 2.53 bits per heavy atom. The van der Waals surface area contributed by atoms with Gasteiger partial charge in [-0.25, -0.2) is 15.0 Å². The number of rotatable bonds is 5. The molecule has 0 spiro atoms. The van der Waals surface area contributed by atoms with Crippen LogP contribution in [-0.4, -0.2) is 48.7 Å². The van der Waals surface area contributed by atoms with Crippen molar-refractivity contribution in [1.29, 1.82) is 0 Å². The van der Waals surface area contributed by atoms with Gasteiger partial charge in [-0.05, 0) is 56.9 Å². The Hall–Kier alpha value is -4.27. The van der Waals surface area contributed by atoms with Gasteiger partial charge in [-0.3, -0.25) is 14.0 Å². The van der Waals surface area contributed by atoms with Crippen LogP contribution in [0.25, 0.3) is 16.8 Å². The number of benzene rings is 1. The number of piperidine rings is 1. The molecule has 4 heterocycles. The van der Waals surface area contributed by atoms with E-state index in [4.69, 9.17) is 10.7 Å². The Morgan fingerprint density at radius 1 is 1.00 bits per heavy atom. The predicted octanol–water partition coefficient (Wildman–Crippen LogP) is 4.52. The fraction of sp³-hybridized carbons (Fsp3) is 0.345. The van der Waals surface area contributed by atoms with Crippen LogP contribution in [0.15, 0.2) is 61.1 Å². The fourth-order valence-corrected chi connectivity index (χ4v) is 5.50. The van der Waals surface area contributed by atoms with Crippen molar-refractivity contribution in [1.82, 2.24) is 24.3 Å². The van der Waals surface area contributed by atoms with E-state index in [-0.39, 0.29) is 29.7 Å². The van der Waals surface area contributed by atoms with Crippen LogP contribution in [0, 0.1) is 5.92 Å². The second-order valence-corrected chi connectivity index (χ2v) is 10.3. The maximum absolute atomic E-state index is 13.1. The second-order valence-electron chi connectivity index (χ2n) is 10.3. The molecule has 9 nitrogen and oxygen atoms in total. The lowest BCUT2D eigenvalue weighted by molar-refractivity contribution is -0.142. The molecule has 2 aliphatic rings. The highest BCUT2D eigenvalue weighted by Crippen LogP contribution is 2.37. The molecule has 0 radical (unpaired) electrons. The zero-order chi connectivity index (χ0) is 26.2. The van der Waals surface area contributed by atoms with Crippen molar-refractivity contribution in [3.63, 3.8) is 0 Å². The predicted molar refractivity (Wildman–Crippen MR) is 146 cm³/mol. The van der Waals surface area contributed by atoms with Crippen molar-refractivity contribution in [3.05, 3.63) is 72.4 Å². The van der Waals surface area contributed by atoms with Gasteiger partial charge in [0.05, 0.1) is 0 Å². The van der Waals surface area contributed by atoms with Gasteiger partial charge in [0.25, 0.3) is 5.91 Å². The number of nitrogens with zero attached hydrogens (tertiary/aromatic N) is 5. The van der Waals surface area contributed by atoms with Crippen molar-refractivity contribution in [2.24, 2.45) is 5.92 Å². The summed E-state index contributed by atoms with van der Waals surface area (Å²) in [4.78, 5) is 41.5. The van der Waals surface area contributed by atoms with E-state index in [0.29, 0.717) is 23.7 Å². The molecule has 194 valence electrons. The Kier molecular flexibility index (Phi) is 6.27. The van der Waals surface area contributed by atoms with Crippen LogP contribution in [0.4, 0.5) is 11.6 Å². The Bertz CT molecular complexity index is 1480. The van der Waals surface area contributed by atoms with E-state index in [1.165, 1.54) is 0 Å². The molecule has 1 aromatic carbocycles. The number of nitrogens with one attached hydrogen (secondary N) is 1. The highest BCUT2D eigenvalue weighted by Gasteiger charge is 2.37. The summed E-state index contributed by atoms with van der Waals surface area (Å²) in [5.74, 6) is 2.11. The minimum Gasteiger partial charge on any atom is -0.382 e. The number of likely N-dealkylation sites (tertiary alicyclic amines) is 1. The monoisotopic (exact) mass is 509 g/mol. The third-order valence-electron chi connectivity index (χ3n) is 7.92. The molecule has 1 saturated carbocycles. The molecular formula is C29H31N7O2. The van der Waals surface area contributed by atoms with Gasteiger partial charge in [0.1, 0.15) is 28.7 Å². The van der Waals surface area contributed by atoms with Gasteiger partial charge < -0.3 is 16.0 Å². The Morgan fingerprint density at radius 2 is 1.82 bits per heavy atom. The largest absolute Gasteiger partial charge is 0.382 e. The first-order valence-corrected chi connectivity index (χ1v) is 13.3. The summed E-state index contributed by atoms with van der Waals surface area (Å²) in [6, 6.07) is 12.9. The number of amides is 2. The van der Waals surface area contributed by atoms with Gasteiger partial charge in [-0.1, -0.05) is 24.6 Å². The third-order valence-corrected chi connectivity index (χ3v) is 7.92. The lowest BCUT2D eigenvalue weighted by atomic mass is 9.82. The molecule has 2 atom stereocenters. The van der Waals surface area contributed by atoms with Gasteiger partial charge in [0.15, 0.2) is 0 Å². The van der Waals surface area contributed by atoms with E-state index in [1.54, 1.807) is 36.7 Å². The molecular weight excluding hydrogens is 478 g/mol. The number of fused-ring (bicyclic) bond motifs is 1. The van der Waals surface area contributed by atoms with Crippen molar-refractivity contribution < 1.29 is 9.59 Å². The summed E-state index contributed by atoms with van der Waals surface area (Å²) < 4.78 is 2.02. The Balaban J connectivity index is 1.30. The average Bonchev–Trinajstić information content (AvgIpc) is 3.29. The fourth-order valence-electron chi connectivity index (χ4n) is 5.50. The first-order chi connectivity index (χ1) is 18.5. The van der Waals surface area contributed by atoms with Crippen LogP contribution in [-0.2, 0) is 4.79 Å². The molecule has 3 N–H and O–H groups in total. The number of anilines is 2. The first kappa shape index (κ1) is 24.1. The summed E-state index contributed by atoms with van der Waals surface area (Å²) in [5.41, 5.74) is 9.17. The quantitative estimate of drug-likeness (QED) is 0.408.